The molecule has 1 heterocycles. The van der Waals surface area contributed by atoms with Gasteiger partial charge in [-0.05, 0) is 31.2 Å². The van der Waals surface area contributed by atoms with Crippen LogP contribution in [0.2, 0.25) is 0 Å². The van der Waals surface area contributed by atoms with Crippen molar-refractivity contribution < 1.29 is 22.3 Å². The van der Waals surface area contributed by atoms with Crippen LogP contribution in [0.3, 0.4) is 0 Å². The summed E-state index contributed by atoms with van der Waals surface area (Å²) in [5, 5.41) is 0.284. The predicted molar refractivity (Wildman–Crippen MR) is 76.4 cm³/mol. The summed E-state index contributed by atoms with van der Waals surface area (Å²) in [4.78, 5) is 24.2. The van der Waals surface area contributed by atoms with E-state index >= 15 is 0 Å². The van der Waals surface area contributed by atoms with Crippen molar-refractivity contribution in [1.29, 1.82) is 0 Å². The molecule has 0 saturated heterocycles. The van der Waals surface area contributed by atoms with Crippen molar-refractivity contribution in [3.63, 3.8) is 0 Å². The first-order valence-electron chi connectivity index (χ1n) is 6.39. The first kappa shape index (κ1) is 14.4. The van der Waals surface area contributed by atoms with Crippen LogP contribution in [0.15, 0.2) is 53.4 Å². The van der Waals surface area contributed by atoms with E-state index in [1.807, 2.05) is 0 Å². The molecule has 0 spiro atoms. The van der Waals surface area contributed by atoms with E-state index in [0.717, 1.165) is 5.56 Å². The molecule has 1 aliphatic heterocycles. The Morgan fingerprint density at radius 1 is 0.909 bits per heavy atom. The maximum absolute atomic E-state index is 12.2. The van der Waals surface area contributed by atoms with Crippen LogP contribution in [-0.2, 0) is 14.4 Å². The molecule has 0 unspecified atom stereocenters. The third-order valence-electron chi connectivity index (χ3n) is 3.21. The number of amides is 2. The summed E-state index contributed by atoms with van der Waals surface area (Å²) in [5.41, 5.74) is 1.04. The second-order valence-electron chi connectivity index (χ2n) is 4.80. The SMILES string of the molecule is Cc1ccc2c(c1)C(=O)N(OS(=O)(=O)c1ccccc1)C2=O. The van der Waals surface area contributed by atoms with Crippen molar-refractivity contribution in [1.82, 2.24) is 5.06 Å². The minimum Gasteiger partial charge on any atom is -0.266 e. The summed E-state index contributed by atoms with van der Waals surface area (Å²) < 4.78 is 29.0. The first-order valence-corrected chi connectivity index (χ1v) is 7.80. The number of imide groups is 1. The van der Waals surface area contributed by atoms with Gasteiger partial charge in [-0.1, -0.05) is 29.8 Å². The molecule has 2 aromatic rings. The van der Waals surface area contributed by atoms with E-state index in [1.54, 1.807) is 19.1 Å². The lowest BCUT2D eigenvalue weighted by Crippen LogP contribution is -2.32. The lowest BCUT2D eigenvalue weighted by atomic mass is 10.1. The number of hydrogen-bond donors (Lipinski definition) is 0. The molecule has 0 atom stereocenters. The van der Waals surface area contributed by atoms with E-state index in [2.05, 4.69) is 0 Å². The predicted octanol–water partition coefficient (Wildman–Crippen LogP) is 1.91. The van der Waals surface area contributed by atoms with Crippen molar-refractivity contribution in [3.05, 3.63) is 65.2 Å². The first-order chi connectivity index (χ1) is 10.4. The topological polar surface area (TPSA) is 80.8 Å². The van der Waals surface area contributed by atoms with Gasteiger partial charge in [0.25, 0.3) is 11.8 Å². The molecule has 6 nitrogen and oxygen atoms in total. The molecular weight excluding hydrogens is 306 g/mol. The van der Waals surface area contributed by atoms with Crippen LogP contribution >= 0.6 is 0 Å². The molecule has 0 radical (unpaired) electrons. The van der Waals surface area contributed by atoms with Crippen LogP contribution in [-0.4, -0.2) is 25.3 Å². The number of hydroxylamine groups is 2. The van der Waals surface area contributed by atoms with E-state index < -0.39 is 21.9 Å². The molecule has 0 aliphatic carbocycles. The van der Waals surface area contributed by atoms with E-state index in [9.17, 15) is 18.0 Å². The van der Waals surface area contributed by atoms with Gasteiger partial charge in [0.1, 0.15) is 0 Å². The zero-order valence-corrected chi connectivity index (χ0v) is 12.3. The monoisotopic (exact) mass is 317 g/mol. The third-order valence-corrected chi connectivity index (χ3v) is 4.40. The average molecular weight is 317 g/mol. The molecule has 0 aromatic heterocycles. The fourth-order valence-electron chi connectivity index (χ4n) is 2.13. The molecular formula is C15H11NO5S. The minimum absolute atomic E-state index is 0.124. The van der Waals surface area contributed by atoms with Gasteiger partial charge in [-0.15, -0.1) is 9.35 Å². The number of aryl methyl sites for hydroxylation is 1. The van der Waals surface area contributed by atoms with Crippen LogP contribution < -0.4 is 0 Å². The highest BCUT2D eigenvalue weighted by molar-refractivity contribution is 7.86. The Bertz CT molecular complexity index is 874. The Morgan fingerprint density at radius 3 is 2.23 bits per heavy atom. The van der Waals surface area contributed by atoms with Gasteiger partial charge in [0.15, 0.2) is 0 Å². The zero-order valence-electron chi connectivity index (χ0n) is 11.5. The van der Waals surface area contributed by atoms with Crippen molar-refractivity contribution in [3.8, 4) is 0 Å². The summed E-state index contributed by atoms with van der Waals surface area (Å²) in [6, 6.07) is 12.0. The minimum atomic E-state index is -4.25. The molecule has 0 saturated carbocycles. The number of benzene rings is 2. The number of rotatable bonds is 3. The van der Waals surface area contributed by atoms with Gasteiger partial charge in [0.2, 0.25) is 0 Å². The van der Waals surface area contributed by atoms with Gasteiger partial charge >= 0.3 is 10.1 Å². The maximum atomic E-state index is 12.2. The molecule has 3 rings (SSSR count). The van der Waals surface area contributed by atoms with E-state index in [4.69, 9.17) is 4.28 Å². The molecule has 0 N–H and O–H groups in total. The summed E-state index contributed by atoms with van der Waals surface area (Å²) >= 11 is 0. The highest BCUT2D eigenvalue weighted by Gasteiger charge is 2.40. The molecule has 7 heteroatoms. The van der Waals surface area contributed by atoms with Crippen molar-refractivity contribution in [2.24, 2.45) is 0 Å². The van der Waals surface area contributed by atoms with E-state index in [-0.39, 0.29) is 21.1 Å². The van der Waals surface area contributed by atoms with Crippen LogP contribution in [0.5, 0.6) is 0 Å². The number of carbonyl (C=O) groups excluding carboxylic acids is 2. The second-order valence-corrected chi connectivity index (χ2v) is 6.32. The summed E-state index contributed by atoms with van der Waals surface area (Å²) in [6.45, 7) is 1.77. The number of fused-ring (bicyclic) bond motifs is 1. The van der Waals surface area contributed by atoms with Gasteiger partial charge in [-0.25, -0.2) is 0 Å². The van der Waals surface area contributed by atoms with Crippen molar-refractivity contribution >= 4 is 21.9 Å². The summed E-state index contributed by atoms with van der Waals surface area (Å²) in [7, 11) is -4.25. The maximum Gasteiger partial charge on any atom is 0.318 e. The fourth-order valence-corrected chi connectivity index (χ4v) is 3.04. The molecule has 2 aromatic carbocycles. The molecule has 112 valence electrons. The summed E-state index contributed by atoms with van der Waals surface area (Å²) in [6.07, 6.45) is 0. The van der Waals surface area contributed by atoms with Crippen molar-refractivity contribution in [2.75, 3.05) is 0 Å². The Labute approximate surface area is 127 Å². The third kappa shape index (κ3) is 2.30. The summed E-state index contributed by atoms with van der Waals surface area (Å²) in [5.74, 6) is -1.58. The lowest BCUT2D eigenvalue weighted by Gasteiger charge is -2.12. The largest absolute Gasteiger partial charge is 0.318 e. The highest BCUT2D eigenvalue weighted by Crippen LogP contribution is 2.26. The zero-order chi connectivity index (χ0) is 15.9. The lowest BCUT2D eigenvalue weighted by molar-refractivity contribution is -0.0103. The van der Waals surface area contributed by atoms with Crippen molar-refractivity contribution in [2.45, 2.75) is 11.8 Å². The van der Waals surface area contributed by atoms with Gasteiger partial charge in [-0.3, -0.25) is 9.59 Å². The van der Waals surface area contributed by atoms with Gasteiger partial charge in [0, 0.05) is 0 Å². The van der Waals surface area contributed by atoms with Crippen LogP contribution in [0, 0.1) is 6.92 Å². The molecule has 0 fully saturated rings. The van der Waals surface area contributed by atoms with Gasteiger partial charge < -0.3 is 0 Å². The van der Waals surface area contributed by atoms with Gasteiger partial charge in [0.05, 0.1) is 16.0 Å². The standard InChI is InChI=1S/C15H11NO5S/c1-10-7-8-12-13(9-10)15(18)16(14(12)17)21-22(19,20)11-5-3-2-4-6-11/h2-9H,1H3. The van der Waals surface area contributed by atoms with Crippen LogP contribution in [0.25, 0.3) is 0 Å². The molecule has 2 amide bonds. The fraction of sp³-hybridized carbons (Fsp3) is 0.0667. The normalized spacial score (nSPS) is 14.3. The van der Waals surface area contributed by atoms with Gasteiger partial charge in [-0.2, -0.15) is 8.42 Å². The highest BCUT2D eigenvalue weighted by atomic mass is 32.2. The van der Waals surface area contributed by atoms with Crippen LogP contribution in [0.1, 0.15) is 26.3 Å². The Balaban J connectivity index is 1.95. The average Bonchev–Trinajstić information content (AvgIpc) is 2.73. The van der Waals surface area contributed by atoms with Crippen LogP contribution in [0.4, 0.5) is 0 Å². The number of hydrogen-bond acceptors (Lipinski definition) is 5. The Morgan fingerprint density at radius 2 is 1.55 bits per heavy atom. The molecule has 22 heavy (non-hydrogen) atoms. The second kappa shape index (κ2) is 5.04. The molecule has 1 aliphatic rings. The Kier molecular flexibility index (Phi) is 3.31. The smallest absolute Gasteiger partial charge is 0.266 e. The Hall–Kier alpha value is -2.51. The van der Waals surface area contributed by atoms with E-state index in [0.29, 0.717) is 0 Å². The molecule has 0 bridgehead atoms. The quantitative estimate of drug-likeness (QED) is 0.808. The number of carbonyl (C=O) groups is 2. The number of nitrogens with zero attached hydrogens (tertiary/aromatic N) is 1. The van der Waals surface area contributed by atoms with E-state index in [1.165, 1.54) is 36.4 Å².